The first kappa shape index (κ1) is 13.0. The largest absolute Gasteiger partial charge is 0.478 e. The number of piperidine rings is 1. The quantitative estimate of drug-likeness (QED) is 0.892. The van der Waals surface area contributed by atoms with E-state index in [1.807, 2.05) is 6.07 Å². The number of hydrogen-bond acceptors (Lipinski definition) is 3. The van der Waals surface area contributed by atoms with Crippen molar-refractivity contribution in [2.45, 2.75) is 33.2 Å². The van der Waals surface area contributed by atoms with Crippen LogP contribution in [0.1, 0.15) is 42.7 Å². The molecule has 0 radical (unpaired) electrons. The maximum absolute atomic E-state index is 10.7. The zero-order valence-corrected chi connectivity index (χ0v) is 11.0. The van der Waals surface area contributed by atoms with Gasteiger partial charge in [-0.1, -0.05) is 13.8 Å². The van der Waals surface area contributed by atoms with Gasteiger partial charge in [-0.15, -0.1) is 0 Å². The van der Waals surface area contributed by atoms with Crippen molar-refractivity contribution in [1.29, 1.82) is 0 Å². The Balaban J connectivity index is 1.99. The average molecular weight is 248 g/mol. The summed E-state index contributed by atoms with van der Waals surface area (Å²) in [7, 11) is 0. The highest BCUT2D eigenvalue weighted by Gasteiger charge is 2.26. The molecule has 0 unspecified atom stereocenters. The van der Waals surface area contributed by atoms with Crippen LogP contribution >= 0.6 is 0 Å². The van der Waals surface area contributed by atoms with Gasteiger partial charge in [-0.25, -0.2) is 4.79 Å². The maximum atomic E-state index is 10.7. The molecule has 1 fully saturated rings. The molecule has 1 aromatic rings. The van der Waals surface area contributed by atoms with Crippen LogP contribution in [0.15, 0.2) is 18.3 Å². The minimum atomic E-state index is -0.923. The number of carboxylic acids is 1. The Labute approximate surface area is 108 Å². The van der Waals surface area contributed by atoms with Crippen LogP contribution < -0.4 is 0 Å². The van der Waals surface area contributed by atoms with Gasteiger partial charge in [-0.2, -0.15) is 0 Å². The number of aromatic carboxylic acids is 1. The zero-order chi connectivity index (χ0) is 13.2. The van der Waals surface area contributed by atoms with E-state index in [1.165, 1.54) is 19.0 Å². The van der Waals surface area contributed by atoms with Crippen molar-refractivity contribution in [2.24, 2.45) is 5.41 Å². The fourth-order valence-electron chi connectivity index (χ4n) is 2.55. The molecule has 1 aromatic heterocycles. The average Bonchev–Trinajstić information content (AvgIpc) is 2.28. The number of pyridine rings is 1. The molecule has 4 heteroatoms. The van der Waals surface area contributed by atoms with Gasteiger partial charge in [0.15, 0.2) is 0 Å². The maximum Gasteiger partial charge on any atom is 0.337 e. The van der Waals surface area contributed by atoms with E-state index in [4.69, 9.17) is 5.11 Å². The fraction of sp³-hybridized carbons (Fsp3) is 0.571. The first-order valence-corrected chi connectivity index (χ1v) is 6.37. The van der Waals surface area contributed by atoms with Gasteiger partial charge < -0.3 is 5.11 Å². The van der Waals surface area contributed by atoms with Crippen molar-refractivity contribution in [3.8, 4) is 0 Å². The predicted molar refractivity (Wildman–Crippen MR) is 69.5 cm³/mol. The lowest BCUT2D eigenvalue weighted by atomic mass is 9.84. The monoisotopic (exact) mass is 248 g/mol. The van der Waals surface area contributed by atoms with Crippen LogP contribution in [0, 0.1) is 5.41 Å². The van der Waals surface area contributed by atoms with Gasteiger partial charge >= 0.3 is 5.97 Å². The van der Waals surface area contributed by atoms with Crippen LogP contribution in [0.3, 0.4) is 0 Å². The third-order valence-electron chi connectivity index (χ3n) is 3.44. The lowest BCUT2D eigenvalue weighted by molar-refractivity contribution is 0.0696. The third-order valence-corrected chi connectivity index (χ3v) is 3.44. The zero-order valence-electron chi connectivity index (χ0n) is 11.0. The van der Waals surface area contributed by atoms with Gasteiger partial charge in [-0.3, -0.25) is 9.88 Å². The molecular weight excluding hydrogens is 228 g/mol. The van der Waals surface area contributed by atoms with Crippen molar-refractivity contribution in [2.75, 3.05) is 13.1 Å². The summed E-state index contributed by atoms with van der Waals surface area (Å²) in [6.07, 6.45) is 3.93. The molecule has 1 N–H and O–H groups in total. The molecule has 18 heavy (non-hydrogen) atoms. The predicted octanol–water partition coefficient (Wildman–Crippen LogP) is 2.40. The van der Waals surface area contributed by atoms with E-state index in [0.29, 0.717) is 5.41 Å². The van der Waals surface area contributed by atoms with Crippen molar-refractivity contribution >= 4 is 5.97 Å². The summed E-state index contributed by atoms with van der Waals surface area (Å²) in [5.74, 6) is -0.923. The Morgan fingerprint density at radius 3 is 2.83 bits per heavy atom. The number of nitrogens with zero attached hydrogens (tertiary/aromatic N) is 2. The minimum Gasteiger partial charge on any atom is -0.478 e. The third kappa shape index (κ3) is 3.29. The van der Waals surface area contributed by atoms with Gasteiger partial charge in [0, 0.05) is 19.3 Å². The lowest BCUT2D eigenvalue weighted by Gasteiger charge is -2.37. The Morgan fingerprint density at radius 2 is 2.28 bits per heavy atom. The molecule has 0 bridgehead atoms. The van der Waals surface area contributed by atoms with Crippen molar-refractivity contribution in [3.05, 3.63) is 29.6 Å². The number of likely N-dealkylation sites (tertiary alicyclic amines) is 1. The van der Waals surface area contributed by atoms with Crippen molar-refractivity contribution < 1.29 is 9.90 Å². The summed E-state index contributed by atoms with van der Waals surface area (Å²) in [6.45, 7) is 7.57. The normalized spacial score (nSPS) is 19.7. The molecule has 4 nitrogen and oxygen atoms in total. The molecule has 0 aromatic carbocycles. The molecule has 1 saturated heterocycles. The second kappa shape index (κ2) is 5.06. The minimum absolute atomic E-state index is 0.248. The first-order valence-electron chi connectivity index (χ1n) is 6.37. The van der Waals surface area contributed by atoms with Crippen LogP contribution in [-0.4, -0.2) is 34.0 Å². The van der Waals surface area contributed by atoms with Crippen molar-refractivity contribution in [3.63, 3.8) is 0 Å². The van der Waals surface area contributed by atoms with Gasteiger partial charge in [0.05, 0.1) is 11.3 Å². The van der Waals surface area contributed by atoms with Crippen LogP contribution in [0.4, 0.5) is 0 Å². The second-order valence-corrected chi connectivity index (χ2v) is 5.82. The standard InChI is InChI=1S/C14H20N2O2/c1-14(2)6-3-7-16(10-14)9-12-5-4-11(8-15-12)13(17)18/h4-5,8H,3,6-7,9-10H2,1-2H3,(H,17,18). The molecule has 0 spiro atoms. The summed E-state index contributed by atoms with van der Waals surface area (Å²) in [5, 5.41) is 8.82. The number of hydrogen-bond donors (Lipinski definition) is 1. The van der Waals surface area contributed by atoms with Gasteiger partial charge in [0.2, 0.25) is 0 Å². The fourth-order valence-corrected chi connectivity index (χ4v) is 2.55. The van der Waals surface area contributed by atoms with Crippen LogP contribution in [0.2, 0.25) is 0 Å². The smallest absolute Gasteiger partial charge is 0.337 e. The summed E-state index contributed by atoms with van der Waals surface area (Å²) in [4.78, 5) is 17.4. The lowest BCUT2D eigenvalue weighted by Crippen LogP contribution is -2.39. The van der Waals surface area contributed by atoms with Crippen LogP contribution in [-0.2, 0) is 6.54 Å². The second-order valence-electron chi connectivity index (χ2n) is 5.82. The molecule has 1 aliphatic rings. The highest BCUT2D eigenvalue weighted by Crippen LogP contribution is 2.28. The summed E-state index contributed by atoms with van der Waals surface area (Å²) in [5.41, 5.74) is 1.56. The van der Waals surface area contributed by atoms with Crippen LogP contribution in [0.5, 0.6) is 0 Å². The summed E-state index contributed by atoms with van der Waals surface area (Å²) < 4.78 is 0. The molecule has 2 rings (SSSR count). The molecule has 1 aliphatic heterocycles. The SMILES string of the molecule is CC1(C)CCCN(Cc2ccc(C(=O)O)cn2)C1. The number of carboxylic acid groups (broad SMARTS) is 1. The molecule has 0 atom stereocenters. The first-order chi connectivity index (χ1) is 8.46. The Kier molecular flexibility index (Phi) is 3.66. The van der Waals surface area contributed by atoms with Crippen LogP contribution in [0.25, 0.3) is 0 Å². The topological polar surface area (TPSA) is 53.4 Å². The number of aromatic nitrogens is 1. The van der Waals surface area contributed by atoms with E-state index >= 15 is 0 Å². The molecule has 0 aliphatic carbocycles. The molecule has 2 heterocycles. The summed E-state index contributed by atoms with van der Waals surface area (Å²) in [6, 6.07) is 3.44. The highest BCUT2D eigenvalue weighted by molar-refractivity contribution is 5.87. The Morgan fingerprint density at radius 1 is 1.50 bits per heavy atom. The summed E-state index contributed by atoms with van der Waals surface area (Å²) >= 11 is 0. The van der Waals surface area contributed by atoms with E-state index in [-0.39, 0.29) is 5.56 Å². The molecular formula is C14H20N2O2. The van der Waals surface area contributed by atoms with Crippen molar-refractivity contribution in [1.82, 2.24) is 9.88 Å². The molecule has 98 valence electrons. The van der Waals surface area contributed by atoms with E-state index < -0.39 is 5.97 Å². The number of rotatable bonds is 3. The highest BCUT2D eigenvalue weighted by atomic mass is 16.4. The van der Waals surface area contributed by atoms with E-state index in [0.717, 1.165) is 25.3 Å². The number of carbonyl (C=O) groups is 1. The van der Waals surface area contributed by atoms with E-state index in [2.05, 4.69) is 23.7 Å². The van der Waals surface area contributed by atoms with Gasteiger partial charge in [0.25, 0.3) is 0 Å². The Hall–Kier alpha value is -1.42. The Bertz CT molecular complexity index is 426. The van der Waals surface area contributed by atoms with Gasteiger partial charge in [-0.05, 0) is 36.9 Å². The molecule has 0 amide bonds. The van der Waals surface area contributed by atoms with E-state index in [1.54, 1.807) is 6.07 Å². The van der Waals surface area contributed by atoms with Gasteiger partial charge in [0.1, 0.15) is 0 Å². The van der Waals surface area contributed by atoms with E-state index in [9.17, 15) is 4.79 Å². The molecule has 0 saturated carbocycles.